The number of nitrogens with zero attached hydrogens (tertiary/aromatic N) is 3. The minimum atomic E-state index is -4.52. The van der Waals surface area contributed by atoms with Crippen LogP contribution in [0.4, 0.5) is 15.3 Å². The first-order valence-corrected chi connectivity index (χ1v) is 16.7. The second-order valence-corrected chi connectivity index (χ2v) is 13.3. The van der Waals surface area contributed by atoms with E-state index >= 15 is 0 Å². The van der Waals surface area contributed by atoms with Gasteiger partial charge in [-0.1, -0.05) is 48.0 Å². The molecule has 13 nitrogen and oxygen atoms in total. The Morgan fingerprint density at radius 2 is 1.57 bits per heavy atom. The number of hydrogen-bond acceptors (Lipinski definition) is 8. The highest BCUT2D eigenvalue weighted by atomic mass is 32.2. The maximum absolute atomic E-state index is 13.8. The summed E-state index contributed by atoms with van der Waals surface area (Å²) in [6.45, 7) is 3.49. The molecule has 5 rings (SSSR count). The number of carboxylic acid groups (broad SMARTS) is 1. The van der Waals surface area contributed by atoms with E-state index in [4.69, 9.17) is 4.74 Å². The summed E-state index contributed by atoms with van der Waals surface area (Å²) in [4.78, 5) is 54.4. The van der Waals surface area contributed by atoms with E-state index < -0.39 is 40.1 Å². The summed E-state index contributed by atoms with van der Waals surface area (Å²) < 4.78 is 33.5. The van der Waals surface area contributed by atoms with Gasteiger partial charge in [0.25, 0.3) is 15.9 Å². The summed E-state index contributed by atoms with van der Waals surface area (Å²) in [6.07, 6.45) is 0.141. The molecular formula is C33H37N5O8S. The maximum Gasteiger partial charge on any atom is 0.415 e. The number of ether oxygens (including phenoxy) is 1. The molecule has 3 aromatic rings. The number of rotatable bonds is 9. The molecule has 0 aromatic heterocycles. The summed E-state index contributed by atoms with van der Waals surface area (Å²) in [5.74, 6) is -2.09. The number of anilines is 1. The molecule has 0 bridgehead atoms. The Bertz CT molecular complexity index is 1690. The van der Waals surface area contributed by atoms with E-state index in [2.05, 4.69) is 10.6 Å². The Balaban J connectivity index is 1.23. The number of amides is 4. The number of hydrogen-bond donors (Lipinski definition) is 3. The Labute approximate surface area is 273 Å². The van der Waals surface area contributed by atoms with Crippen LogP contribution in [0.5, 0.6) is 5.75 Å². The van der Waals surface area contributed by atoms with Gasteiger partial charge in [0.05, 0.1) is 10.9 Å². The van der Waals surface area contributed by atoms with Gasteiger partial charge in [0, 0.05) is 38.3 Å². The Hall–Kier alpha value is -4.95. The smallest absolute Gasteiger partial charge is 0.415 e. The molecule has 0 spiro atoms. The predicted octanol–water partition coefficient (Wildman–Crippen LogP) is 3.31. The Morgan fingerprint density at radius 3 is 2.17 bits per heavy atom. The molecule has 2 aliphatic heterocycles. The summed E-state index contributed by atoms with van der Waals surface area (Å²) in [6, 6.07) is 18.2. The van der Waals surface area contributed by atoms with Gasteiger partial charge < -0.3 is 30.3 Å². The molecule has 2 aliphatic rings. The van der Waals surface area contributed by atoms with Crippen LogP contribution in [0.2, 0.25) is 0 Å². The van der Waals surface area contributed by atoms with Gasteiger partial charge in [-0.05, 0) is 68.3 Å². The van der Waals surface area contributed by atoms with Gasteiger partial charge in [-0.25, -0.2) is 27.1 Å². The number of carboxylic acids is 1. The van der Waals surface area contributed by atoms with E-state index in [1.54, 1.807) is 36.1 Å². The van der Waals surface area contributed by atoms with Crippen molar-refractivity contribution in [3.05, 3.63) is 90.0 Å². The molecule has 2 saturated heterocycles. The van der Waals surface area contributed by atoms with Crippen molar-refractivity contribution in [2.75, 3.05) is 38.0 Å². The number of aliphatic carboxylic acids is 1. The van der Waals surface area contributed by atoms with Crippen molar-refractivity contribution >= 4 is 39.7 Å². The number of carbonyl (C=O) groups excluding carboxylic acids is 3. The molecule has 248 valence electrons. The fraction of sp³-hybridized carbons (Fsp3) is 0.333. The Morgan fingerprint density at radius 1 is 0.936 bits per heavy atom. The molecule has 3 N–H and O–H groups in total. The van der Waals surface area contributed by atoms with Gasteiger partial charge in [-0.15, -0.1) is 0 Å². The van der Waals surface area contributed by atoms with Gasteiger partial charge in [0.15, 0.2) is 0 Å². The molecule has 4 amide bonds. The second kappa shape index (κ2) is 14.6. The summed E-state index contributed by atoms with van der Waals surface area (Å²) >= 11 is 0. The first-order chi connectivity index (χ1) is 22.5. The lowest BCUT2D eigenvalue weighted by atomic mass is 10.0. The number of aryl methyl sites for hydroxylation is 1. The standard InChI is InChI=1S/C33H37N5O8S/c1-23-9-15-27(16-10-23)47(44,45)38(30(39)28-8-5-17-34-28)29(31(40)41)22-24-11-13-26(14-12-24)46-33(43)37-20-18-36(19-21-37)32(42)35-25-6-3-2-4-7-25/h2-4,6-7,9-16,28-29,34H,5,8,17-22H2,1H3,(H,35,42)(H,40,41)/t28-,29-/m0/s1. The second-order valence-electron chi connectivity index (χ2n) is 11.4. The van der Waals surface area contributed by atoms with Crippen LogP contribution in [0, 0.1) is 6.92 Å². The van der Waals surface area contributed by atoms with E-state index in [1.165, 1.54) is 41.3 Å². The number of urea groups is 1. The van der Waals surface area contributed by atoms with Crippen LogP contribution in [-0.2, 0) is 26.0 Å². The highest BCUT2D eigenvalue weighted by Gasteiger charge is 2.43. The third kappa shape index (κ3) is 8.07. The number of carbonyl (C=O) groups is 4. The highest BCUT2D eigenvalue weighted by molar-refractivity contribution is 7.89. The lowest BCUT2D eigenvalue weighted by Crippen LogP contribution is -2.54. The van der Waals surface area contributed by atoms with Crippen LogP contribution >= 0.6 is 0 Å². The van der Waals surface area contributed by atoms with E-state index in [0.717, 1.165) is 5.56 Å². The van der Waals surface area contributed by atoms with E-state index in [9.17, 15) is 32.7 Å². The number of sulfonamides is 1. The molecule has 14 heteroatoms. The largest absolute Gasteiger partial charge is 0.480 e. The molecule has 3 aromatic carbocycles. The molecular weight excluding hydrogens is 626 g/mol. The quantitative estimate of drug-likeness (QED) is 0.311. The zero-order valence-corrected chi connectivity index (χ0v) is 26.7. The molecule has 0 aliphatic carbocycles. The summed E-state index contributed by atoms with van der Waals surface area (Å²) in [5.41, 5.74) is 1.91. The number of piperazine rings is 1. The average Bonchev–Trinajstić information content (AvgIpc) is 3.61. The number of nitrogens with one attached hydrogen (secondary N) is 2. The molecule has 2 heterocycles. The third-order valence-electron chi connectivity index (χ3n) is 8.13. The van der Waals surface area contributed by atoms with Gasteiger partial charge in [0.1, 0.15) is 11.8 Å². The van der Waals surface area contributed by atoms with Crippen molar-refractivity contribution in [3.8, 4) is 5.75 Å². The van der Waals surface area contributed by atoms with Crippen LogP contribution < -0.4 is 15.4 Å². The fourth-order valence-electron chi connectivity index (χ4n) is 5.48. The third-order valence-corrected chi connectivity index (χ3v) is 9.95. The van der Waals surface area contributed by atoms with Crippen molar-refractivity contribution in [3.63, 3.8) is 0 Å². The molecule has 0 unspecified atom stereocenters. The van der Waals surface area contributed by atoms with E-state index in [1.807, 2.05) is 18.2 Å². The number of benzene rings is 3. The van der Waals surface area contributed by atoms with Gasteiger partial charge in [-0.3, -0.25) is 4.79 Å². The first kappa shape index (κ1) is 33.4. The SMILES string of the molecule is Cc1ccc(S(=O)(=O)N(C(=O)[C@@H]2CCCN2)[C@@H](Cc2ccc(OC(=O)N3CCN(C(=O)Nc4ccccc4)CC3)cc2)C(=O)O)cc1. The minimum absolute atomic E-state index is 0.180. The fourth-order valence-corrected chi connectivity index (χ4v) is 7.05. The van der Waals surface area contributed by atoms with Crippen molar-refractivity contribution < 1.29 is 37.4 Å². The zero-order chi connectivity index (χ0) is 33.6. The lowest BCUT2D eigenvalue weighted by molar-refractivity contribution is -0.146. The highest BCUT2D eigenvalue weighted by Crippen LogP contribution is 2.25. The van der Waals surface area contributed by atoms with Crippen molar-refractivity contribution in [2.24, 2.45) is 0 Å². The maximum atomic E-state index is 13.8. The van der Waals surface area contributed by atoms with Crippen LogP contribution in [0.1, 0.15) is 24.0 Å². The molecule has 47 heavy (non-hydrogen) atoms. The molecule has 0 radical (unpaired) electrons. The summed E-state index contributed by atoms with van der Waals surface area (Å²) in [7, 11) is -4.52. The Kier molecular flexibility index (Phi) is 10.4. The monoisotopic (exact) mass is 663 g/mol. The van der Waals surface area contributed by atoms with Crippen molar-refractivity contribution in [2.45, 2.75) is 43.2 Å². The topological polar surface area (TPSA) is 166 Å². The van der Waals surface area contributed by atoms with Gasteiger partial charge >= 0.3 is 18.1 Å². The lowest BCUT2D eigenvalue weighted by Gasteiger charge is -2.34. The predicted molar refractivity (Wildman–Crippen MR) is 172 cm³/mol. The van der Waals surface area contributed by atoms with Crippen molar-refractivity contribution in [1.82, 2.24) is 19.4 Å². The number of para-hydroxylation sites is 1. The summed E-state index contributed by atoms with van der Waals surface area (Å²) in [5, 5.41) is 16.0. The van der Waals surface area contributed by atoms with Crippen LogP contribution in [0.15, 0.2) is 83.8 Å². The average molecular weight is 664 g/mol. The molecule has 2 fully saturated rings. The van der Waals surface area contributed by atoms with E-state index in [0.29, 0.717) is 48.0 Å². The molecule has 2 atom stereocenters. The zero-order valence-electron chi connectivity index (χ0n) is 25.9. The van der Waals surface area contributed by atoms with Crippen LogP contribution in [0.3, 0.4) is 0 Å². The van der Waals surface area contributed by atoms with Crippen molar-refractivity contribution in [1.29, 1.82) is 0 Å². The minimum Gasteiger partial charge on any atom is -0.480 e. The van der Waals surface area contributed by atoms with E-state index in [-0.39, 0.29) is 36.2 Å². The molecule has 0 saturated carbocycles. The normalized spacial score (nSPS) is 17.1. The van der Waals surface area contributed by atoms with Gasteiger partial charge in [-0.2, -0.15) is 0 Å². The van der Waals surface area contributed by atoms with Crippen LogP contribution in [0.25, 0.3) is 0 Å². The first-order valence-electron chi connectivity index (χ1n) is 15.3. The van der Waals surface area contributed by atoms with Gasteiger partial charge in [0.2, 0.25) is 0 Å². The van der Waals surface area contributed by atoms with Crippen LogP contribution in [-0.4, -0.2) is 96.4 Å².